The fourth-order valence-corrected chi connectivity index (χ4v) is 3.36. The number of imidazole rings is 1. The Morgan fingerprint density at radius 2 is 2.03 bits per heavy atom. The van der Waals surface area contributed by atoms with Crippen molar-refractivity contribution in [1.82, 2.24) is 24.6 Å². The van der Waals surface area contributed by atoms with Crippen molar-refractivity contribution in [2.75, 3.05) is 11.1 Å². The number of fused-ring (bicyclic) bond motifs is 1. The standard InChI is InChI=1S/C22H22N8O/c1-13(28-21-19(24-4)20(23)26-12-27-21)16-11-17-25-8-9-30(17)29-18(16)14-6-5-7-15(10-14)22(2,3)31/h5-13,31H,1-3H3,(H3,23,26,27,28). The summed E-state index contributed by atoms with van der Waals surface area (Å²) in [6.07, 6.45) is 4.79. The molecule has 1 atom stereocenters. The van der Waals surface area contributed by atoms with Gasteiger partial charge in [-0.3, -0.25) is 0 Å². The van der Waals surface area contributed by atoms with E-state index in [0.717, 1.165) is 22.4 Å². The van der Waals surface area contributed by atoms with Gasteiger partial charge in [0.25, 0.3) is 5.69 Å². The lowest BCUT2D eigenvalue weighted by molar-refractivity contribution is 0.0786. The molecule has 9 nitrogen and oxygen atoms in total. The molecule has 4 aromatic rings. The van der Waals surface area contributed by atoms with Gasteiger partial charge < -0.3 is 16.2 Å². The largest absolute Gasteiger partial charge is 0.392 e. The number of anilines is 2. The van der Waals surface area contributed by atoms with Crippen molar-refractivity contribution in [1.29, 1.82) is 0 Å². The van der Waals surface area contributed by atoms with Crippen LogP contribution in [0.4, 0.5) is 17.3 Å². The smallest absolute Gasteiger partial charge is 0.268 e. The first kappa shape index (κ1) is 20.3. The maximum Gasteiger partial charge on any atom is 0.268 e. The van der Waals surface area contributed by atoms with E-state index in [1.54, 1.807) is 30.8 Å². The molecular weight excluding hydrogens is 392 g/mol. The van der Waals surface area contributed by atoms with Gasteiger partial charge in [0.05, 0.1) is 23.9 Å². The molecule has 0 saturated carbocycles. The lowest BCUT2D eigenvalue weighted by atomic mass is 9.94. The Bertz CT molecular complexity index is 1300. The summed E-state index contributed by atoms with van der Waals surface area (Å²) in [5.41, 5.74) is 8.94. The van der Waals surface area contributed by atoms with Crippen LogP contribution in [0.2, 0.25) is 0 Å². The number of aliphatic hydroxyl groups is 1. The highest BCUT2D eigenvalue weighted by Crippen LogP contribution is 2.34. The van der Waals surface area contributed by atoms with Crippen molar-refractivity contribution in [3.8, 4) is 11.3 Å². The molecule has 3 aromatic heterocycles. The third-order valence-corrected chi connectivity index (χ3v) is 5.04. The van der Waals surface area contributed by atoms with Gasteiger partial charge in [0.1, 0.15) is 18.0 Å². The molecule has 0 spiro atoms. The van der Waals surface area contributed by atoms with E-state index in [9.17, 15) is 5.11 Å². The Labute approximate surface area is 179 Å². The van der Waals surface area contributed by atoms with Crippen molar-refractivity contribution in [3.63, 3.8) is 0 Å². The van der Waals surface area contributed by atoms with E-state index in [1.165, 1.54) is 6.33 Å². The Morgan fingerprint density at radius 3 is 2.77 bits per heavy atom. The van der Waals surface area contributed by atoms with Crippen molar-refractivity contribution >= 4 is 23.0 Å². The van der Waals surface area contributed by atoms with Crippen molar-refractivity contribution in [2.24, 2.45) is 0 Å². The molecule has 1 aromatic carbocycles. The van der Waals surface area contributed by atoms with Crippen LogP contribution in [-0.2, 0) is 5.60 Å². The molecule has 31 heavy (non-hydrogen) atoms. The predicted molar refractivity (Wildman–Crippen MR) is 118 cm³/mol. The Morgan fingerprint density at radius 1 is 1.23 bits per heavy atom. The lowest BCUT2D eigenvalue weighted by Gasteiger charge is -2.21. The van der Waals surface area contributed by atoms with E-state index in [2.05, 4.69) is 25.1 Å². The maximum absolute atomic E-state index is 10.5. The second-order valence-electron chi connectivity index (χ2n) is 7.75. The van der Waals surface area contributed by atoms with E-state index < -0.39 is 5.60 Å². The highest BCUT2D eigenvalue weighted by molar-refractivity contribution is 5.77. The van der Waals surface area contributed by atoms with Crippen LogP contribution >= 0.6 is 0 Å². The quantitative estimate of drug-likeness (QED) is 0.426. The first-order valence-electron chi connectivity index (χ1n) is 9.70. The van der Waals surface area contributed by atoms with E-state index in [-0.39, 0.29) is 17.5 Å². The summed E-state index contributed by atoms with van der Waals surface area (Å²) >= 11 is 0. The molecular formula is C22H22N8O. The van der Waals surface area contributed by atoms with Crippen molar-refractivity contribution < 1.29 is 5.11 Å². The first-order chi connectivity index (χ1) is 14.8. The highest BCUT2D eigenvalue weighted by atomic mass is 16.3. The van der Waals surface area contributed by atoms with E-state index in [1.807, 2.05) is 37.3 Å². The molecule has 4 rings (SSSR count). The van der Waals surface area contributed by atoms with Crippen LogP contribution in [0.25, 0.3) is 21.7 Å². The number of aromatic nitrogens is 5. The molecule has 156 valence electrons. The number of benzene rings is 1. The topological polar surface area (TPSA) is 119 Å². The van der Waals surface area contributed by atoms with Crippen LogP contribution in [0.5, 0.6) is 0 Å². The van der Waals surface area contributed by atoms with Gasteiger partial charge in [-0.05, 0) is 38.5 Å². The van der Waals surface area contributed by atoms with Crippen molar-refractivity contribution in [2.45, 2.75) is 32.4 Å². The van der Waals surface area contributed by atoms with Gasteiger partial charge >= 0.3 is 0 Å². The average Bonchev–Trinajstić information content (AvgIpc) is 3.20. The molecule has 3 heterocycles. The summed E-state index contributed by atoms with van der Waals surface area (Å²) in [5, 5.41) is 18.5. The minimum atomic E-state index is -0.984. The highest BCUT2D eigenvalue weighted by Gasteiger charge is 2.21. The number of nitrogen functional groups attached to an aromatic ring is 1. The lowest BCUT2D eigenvalue weighted by Crippen LogP contribution is -2.16. The number of nitrogens with one attached hydrogen (secondary N) is 1. The summed E-state index contributed by atoms with van der Waals surface area (Å²) in [4.78, 5) is 15.9. The maximum atomic E-state index is 10.5. The molecule has 0 bridgehead atoms. The van der Waals surface area contributed by atoms with Gasteiger partial charge in [0.2, 0.25) is 0 Å². The number of nitrogens with zero attached hydrogens (tertiary/aromatic N) is 6. The van der Waals surface area contributed by atoms with Crippen LogP contribution in [0.1, 0.15) is 37.9 Å². The summed E-state index contributed by atoms with van der Waals surface area (Å²) < 4.78 is 1.70. The fourth-order valence-electron chi connectivity index (χ4n) is 3.36. The van der Waals surface area contributed by atoms with Crippen LogP contribution in [0.15, 0.2) is 49.1 Å². The van der Waals surface area contributed by atoms with Gasteiger partial charge in [-0.25, -0.2) is 24.3 Å². The monoisotopic (exact) mass is 414 g/mol. The molecule has 0 aliphatic rings. The molecule has 0 aliphatic heterocycles. The minimum absolute atomic E-state index is 0.125. The first-order valence-corrected chi connectivity index (χ1v) is 9.70. The summed E-state index contributed by atoms with van der Waals surface area (Å²) in [5.74, 6) is 0.481. The van der Waals surface area contributed by atoms with Crippen LogP contribution in [0, 0.1) is 6.57 Å². The molecule has 4 N–H and O–H groups in total. The Balaban J connectivity index is 1.83. The summed E-state index contributed by atoms with van der Waals surface area (Å²) in [7, 11) is 0. The predicted octanol–water partition coefficient (Wildman–Crippen LogP) is 3.72. The zero-order valence-electron chi connectivity index (χ0n) is 17.4. The third kappa shape index (κ3) is 3.89. The molecule has 0 aliphatic carbocycles. The third-order valence-electron chi connectivity index (χ3n) is 5.04. The Hall–Kier alpha value is -4.03. The van der Waals surface area contributed by atoms with Crippen LogP contribution in [-0.4, -0.2) is 29.7 Å². The number of rotatable bonds is 5. The van der Waals surface area contributed by atoms with Gasteiger partial charge in [-0.2, -0.15) is 5.10 Å². The fraction of sp³-hybridized carbons (Fsp3) is 0.227. The van der Waals surface area contributed by atoms with Gasteiger partial charge in [0.15, 0.2) is 5.65 Å². The van der Waals surface area contributed by atoms with Crippen LogP contribution < -0.4 is 11.1 Å². The molecule has 0 radical (unpaired) electrons. The van der Waals surface area contributed by atoms with Crippen molar-refractivity contribution in [3.05, 3.63) is 71.6 Å². The zero-order chi connectivity index (χ0) is 22.2. The average molecular weight is 414 g/mol. The molecule has 9 heteroatoms. The number of hydrogen-bond acceptors (Lipinski definition) is 7. The van der Waals surface area contributed by atoms with E-state index >= 15 is 0 Å². The number of hydrogen-bond donors (Lipinski definition) is 3. The van der Waals surface area contributed by atoms with Gasteiger partial charge in [0, 0.05) is 23.5 Å². The summed E-state index contributed by atoms with van der Waals surface area (Å²) in [6.45, 7) is 12.8. The zero-order valence-corrected chi connectivity index (χ0v) is 17.4. The van der Waals surface area contributed by atoms with Gasteiger partial charge in [-0.1, -0.05) is 18.2 Å². The second kappa shape index (κ2) is 7.66. The molecule has 0 fully saturated rings. The van der Waals surface area contributed by atoms with E-state index in [0.29, 0.717) is 11.5 Å². The summed E-state index contributed by atoms with van der Waals surface area (Å²) in [6, 6.07) is 9.32. The van der Waals surface area contributed by atoms with Crippen LogP contribution in [0.3, 0.4) is 0 Å². The molecule has 1 unspecified atom stereocenters. The number of nitrogens with two attached hydrogens (primary N) is 1. The normalized spacial score (nSPS) is 12.5. The Kier molecular flexibility index (Phi) is 5.01. The molecule has 0 saturated heterocycles. The minimum Gasteiger partial charge on any atom is -0.392 e. The SMILES string of the molecule is [C-]#[N+]c1c(N)ncnc1NC(C)c1cc2nccn2nc1-c1cccc(C(C)(C)O)c1. The van der Waals surface area contributed by atoms with Gasteiger partial charge in [-0.15, -0.1) is 0 Å². The second-order valence-corrected chi connectivity index (χ2v) is 7.75. The molecule has 0 amide bonds. The van der Waals surface area contributed by atoms with E-state index in [4.69, 9.17) is 17.4 Å².